The molecule has 4 heteroatoms. The molecule has 0 fully saturated rings. The number of para-hydroxylation sites is 1. The number of benzene rings is 1. The van der Waals surface area contributed by atoms with Crippen molar-refractivity contribution in [1.82, 2.24) is 4.98 Å². The van der Waals surface area contributed by atoms with Crippen LogP contribution in [-0.2, 0) is 16.0 Å². The first kappa shape index (κ1) is 14.0. The number of carbonyl (C=O) groups excluding carboxylic acids is 1. The lowest BCUT2D eigenvalue weighted by Crippen LogP contribution is -2.30. The molecule has 0 aliphatic heterocycles. The largest absolute Gasteiger partial charge is 0.465 e. The number of fused-ring (bicyclic) bond motifs is 1. The second kappa shape index (κ2) is 5.70. The van der Waals surface area contributed by atoms with Crippen LogP contribution < -0.4 is 0 Å². The number of aromatic nitrogens is 1. The van der Waals surface area contributed by atoms with E-state index in [1.807, 2.05) is 30.3 Å². The normalized spacial score (nSPS) is 13.4. The van der Waals surface area contributed by atoms with Crippen molar-refractivity contribution in [3.8, 4) is 6.07 Å². The number of hydrogen-bond donors (Lipinski definition) is 0. The molecular formula is C16H16N2O2. The molecule has 1 atom stereocenters. The lowest BCUT2D eigenvalue weighted by atomic mass is 9.84. The molecule has 4 nitrogen and oxygen atoms in total. The number of carbonyl (C=O) groups is 1. The third kappa shape index (κ3) is 2.62. The molecule has 0 saturated heterocycles. The average Bonchev–Trinajstić information content (AvgIpc) is 2.48. The Morgan fingerprint density at radius 1 is 1.40 bits per heavy atom. The van der Waals surface area contributed by atoms with Crippen LogP contribution in [0.25, 0.3) is 10.9 Å². The minimum atomic E-state index is -1.19. The van der Waals surface area contributed by atoms with E-state index in [4.69, 9.17) is 4.74 Å². The Kier molecular flexibility index (Phi) is 3.99. The second-order valence-corrected chi connectivity index (χ2v) is 4.83. The highest BCUT2D eigenvalue weighted by atomic mass is 16.5. The minimum absolute atomic E-state index is 0.268. The quantitative estimate of drug-likeness (QED) is 0.800. The molecule has 1 aromatic carbocycles. The summed E-state index contributed by atoms with van der Waals surface area (Å²) in [6.07, 6.45) is 2.00. The fraction of sp³-hybridized carbons (Fsp3) is 0.312. The molecule has 2 rings (SSSR count). The highest BCUT2D eigenvalue weighted by Crippen LogP contribution is 2.27. The van der Waals surface area contributed by atoms with Crippen molar-refractivity contribution in [3.05, 3.63) is 42.1 Å². The zero-order chi connectivity index (χ0) is 14.6. The fourth-order valence-corrected chi connectivity index (χ4v) is 2.14. The van der Waals surface area contributed by atoms with Gasteiger partial charge in [0.25, 0.3) is 0 Å². The van der Waals surface area contributed by atoms with Crippen molar-refractivity contribution < 1.29 is 9.53 Å². The van der Waals surface area contributed by atoms with E-state index in [1.54, 1.807) is 20.0 Å². The van der Waals surface area contributed by atoms with Gasteiger partial charge in [-0.05, 0) is 25.5 Å². The SMILES string of the molecule is CCOC(=O)C(C)(C#N)Cc1cccc2cccnc12. The Bertz CT molecular complexity index is 670. The van der Waals surface area contributed by atoms with Crippen LogP contribution >= 0.6 is 0 Å². The molecule has 102 valence electrons. The zero-order valence-corrected chi connectivity index (χ0v) is 11.6. The lowest BCUT2D eigenvalue weighted by Gasteiger charge is -2.20. The molecule has 0 spiro atoms. The van der Waals surface area contributed by atoms with Gasteiger partial charge in [0.2, 0.25) is 0 Å². The Hall–Kier alpha value is -2.41. The molecule has 1 heterocycles. The van der Waals surface area contributed by atoms with Gasteiger partial charge in [-0.15, -0.1) is 0 Å². The molecule has 1 unspecified atom stereocenters. The van der Waals surface area contributed by atoms with Crippen molar-refractivity contribution in [3.63, 3.8) is 0 Å². The van der Waals surface area contributed by atoms with Gasteiger partial charge >= 0.3 is 5.97 Å². The van der Waals surface area contributed by atoms with E-state index in [0.29, 0.717) is 0 Å². The maximum Gasteiger partial charge on any atom is 0.326 e. The van der Waals surface area contributed by atoms with E-state index in [-0.39, 0.29) is 13.0 Å². The third-order valence-electron chi connectivity index (χ3n) is 3.23. The Labute approximate surface area is 118 Å². The van der Waals surface area contributed by atoms with Crippen molar-refractivity contribution in [2.24, 2.45) is 5.41 Å². The predicted molar refractivity (Wildman–Crippen MR) is 75.8 cm³/mol. The maximum absolute atomic E-state index is 12.0. The zero-order valence-electron chi connectivity index (χ0n) is 11.6. The first-order valence-corrected chi connectivity index (χ1v) is 6.52. The number of esters is 1. The average molecular weight is 268 g/mol. The summed E-state index contributed by atoms with van der Waals surface area (Å²) in [6, 6.07) is 11.7. The lowest BCUT2D eigenvalue weighted by molar-refractivity contribution is -0.151. The topological polar surface area (TPSA) is 63.0 Å². The van der Waals surface area contributed by atoms with Gasteiger partial charge in [-0.3, -0.25) is 9.78 Å². The molecule has 0 amide bonds. The molecule has 20 heavy (non-hydrogen) atoms. The second-order valence-electron chi connectivity index (χ2n) is 4.83. The molecular weight excluding hydrogens is 252 g/mol. The van der Waals surface area contributed by atoms with E-state index in [9.17, 15) is 10.1 Å². The molecule has 0 radical (unpaired) electrons. The number of nitriles is 1. The first-order valence-electron chi connectivity index (χ1n) is 6.52. The Morgan fingerprint density at radius 3 is 2.85 bits per heavy atom. The number of pyridine rings is 1. The maximum atomic E-state index is 12.0. The van der Waals surface area contributed by atoms with Crippen LogP contribution in [0.5, 0.6) is 0 Å². The van der Waals surface area contributed by atoms with Gasteiger partial charge in [0.05, 0.1) is 18.2 Å². The molecule has 2 aromatic rings. The number of rotatable bonds is 4. The van der Waals surface area contributed by atoms with Gasteiger partial charge in [0.15, 0.2) is 5.41 Å². The van der Waals surface area contributed by atoms with E-state index in [2.05, 4.69) is 11.1 Å². The smallest absolute Gasteiger partial charge is 0.326 e. The van der Waals surface area contributed by atoms with Crippen LogP contribution in [-0.4, -0.2) is 17.6 Å². The molecule has 1 aromatic heterocycles. The van der Waals surface area contributed by atoms with E-state index in [0.717, 1.165) is 16.5 Å². The molecule has 0 aliphatic carbocycles. The van der Waals surface area contributed by atoms with Gasteiger partial charge < -0.3 is 4.74 Å². The highest BCUT2D eigenvalue weighted by Gasteiger charge is 2.35. The molecule has 0 N–H and O–H groups in total. The summed E-state index contributed by atoms with van der Waals surface area (Å²) in [5.74, 6) is -0.490. The summed E-state index contributed by atoms with van der Waals surface area (Å²) in [7, 11) is 0. The van der Waals surface area contributed by atoms with Crippen LogP contribution in [0.3, 0.4) is 0 Å². The predicted octanol–water partition coefficient (Wildman–Crippen LogP) is 2.87. The summed E-state index contributed by atoms with van der Waals surface area (Å²) in [6.45, 7) is 3.60. The van der Waals surface area contributed by atoms with E-state index < -0.39 is 11.4 Å². The first-order chi connectivity index (χ1) is 9.60. The van der Waals surface area contributed by atoms with Gasteiger partial charge in [-0.1, -0.05) is 24.3 Å². The standard InChI is InChI=1S/C16H16N2O2/c1-3-20-15(19)16(2,11-17)10-13-7-4-6-12-8-5-9-18-14(12)13/h4-9H,3,10H2,1-2H3. The molecule has 0 aliphatic rings. The van der Waals surface area contributed by atoms with Crippen molar-refractivity contribution in [2.45, 2.75) is 20.3 Å². The molecule has 0 bridgehead atoms. The van der Waals surface area contributed by atoms with E-state index >= 15 is 0 Å². The summed E-state index contributed by atoms with van der Waals surface area (Å²) in [4.78, 5) is 16.3. The Balaban J connectivity index is 2.40. The van der Waals surface area contributed by atoms with Crippen LogP contribution in [0.2, 0.25) is 0 Å². The summed E-state index contributed by atoms with van der Waals surface area (Å²) in [5, 5.41) is 10.3. The Morgan fingerprint density at radius 2 is 2.15 bits per heavy atom. The fourth-order valence-electron chi connectivity index (χ4n) is 2.14. The van der Waals surface area contributed by atoms with Gasteiger partial charge in [-0.25, -0.2) is 0 Å². The highest BCUT2D eigenvalue weighted by molar-refractivity contribution is 5.84. The van der Waals surface area contributed by atoms with Crippen molar-refractivity contribution >= 4 is 16.9 Å². The van der Waals surface area contributed by atoms with Crippen LogP contribution in [0, 0.1) is 16.7 Å². The van der Waals surface area contributed by atoms with Gasteiger partial charge in [-0.2, -0.15) is 5.26 Å². The monoisotopic (exact) mass is 268 g/mol. The van der Waals surface area contributed by atoms with Crippen LogP contribution in [0.4, 0.5) is 0 Å². The summed E-state index contributed by atoms with van der Waals surface area (Å²) in [5.41, 5.74) is 0.503. The number of nitrogens with zero attached hydrogens (tertiary/aromatic N) is 2. The van der Waals surface area contributed by atoms with Crippen LogP contribution in [0.1, 0.15) is 19.4 Å². The van der Waals surface area contributed by atoms with E-state index in [1.165, 1.54) is 0 Å². The molecule has 0 saturated carbocycles. The van der Waals surface area contributed by atoms with Crippen molar-refractivity contribution in [2.75, 3.05) is 6.61 Å². The minimum Gasteiger partial charge on any atom is -0.465 e. The van der Waals surface area contributed by atoms with Gasteiger partial charge in [0.1, 0.15) is 0 Å². The number of hydrogen-bond acceptors (Lipinski definition) is 4. The van der Waals surface area contributed by atoms with Gasteiger partial charge in [0, 0.05) is 18.0 Å². The summed E-state index contributed by atoms with van der Waals surface area (Å²) >= 11 is 0. The number of ether oxygens (including phenoxy) is 1. The van der Waals surface area contributed by atoms with Crippen molar-refractivity contribution in [1.29, 1.82) is 5.26 Å². The third-order valence-corrected chi connectivity index (χ3v) is 3.23. The summed E-state index contributed by atoms with van der Waals surface area (Å²) < 4.78 is 5.00. The van der Waals surface area contributed by atoms with Crippen LogP contribution in [0.15, 0.2) is 36.5 Å².